The van der Waals surface area contributed by atoms with E-state index in [1.165, 1.54) is 6.07 Å². The quantitative estimate of drug-likeness (QED) is 0.204. The molecule has 10 heteroatoms. The van der Waals surface area contributed by atoms with Crippen molar-refractivity contribution in [2.45, 2.75) is 12.1 Å². The third-order valence-corrected chi connectivity index (χ3v) is 7.20. The van der Waals surface area contributed by atoms with Crippen LogP contribution in [0.2, 0.25) is 0 Å². The molecule has 2 aliphatic rings. The summed E-state index contributed by atoms with van der Waals surface area (Å²) < 4.78 is 11.8. The van der Waals surface area contributed by atoms with Crippen LogP contribution < -0.4 is 15.1 Å². The minimum Gasteiger partial charge on any atom is -0.459 e. The van der Waals surface area contributed by atoms with E-state index in [-0.39, 0.29) is 17.8 Å². The molecule has 2 aromatic carbocycles. The van der Waals surface area contributed by atoms with Crippen LogP contribution in [0.25, 0.3) is 11.3 Å². The molecule has 2 aliphatic heterocycles. The maximum atomic E-state index is 11.6. The maximum absolute atomic E-state index is 11.6. The van der Waals surface area contributed by atoms with Gasteiger partial charge >= 0.3 is 0 Å². The second-order valence-electron chi connectivity index (χ2n) is 9.09. The van der Waals surface area contributed by atoms with Crippen molar-refractivity contribution in [1.82, 2.24) is 10.3 Å². The van der Waals surface area contributed by atoms with E-state index in [0.29, 0.717) is 22.2 Å². The first-order valence-electron chi connectivity index (χ1n) is 12.4. The summed E-state index contributed by atoms with van der Waals surface area (Å²) >= 11 is 5.82. The van der Waals surface area contributed by atoms with Crippen LogP contribution in [0.3, 0.4) is 0 Å². The molecule has 0 saturated carbocycles. The van der Waals surface area contributed by atoms with E-state index in [4.69, 9.17) is 21.4 Å². The Labute approximate surface area is 224 Å². The number of hydrogen-bond donors (Lipinski definition) is 1. The number of anilines is 2. The van der Waals surface area contributed by atoms with Crippen LogP contribution in [0.4, 0.5) is 17.1 Å². The summed E-state index contributed by atoms with van der Waals surface area (Å²) in [6.07, 6.45) is 1.75. The molecule has 0 bridgehead atoms. The predicted octanol–water partition coefficient (Wildman–Crippen LogP) is 5.26. The number of nitrogens with one attached hydrogen (secondary N) is 1. The summed E-state index contributed by atoms with van der Waals surface area (Å²) in [4.78, 5) is 20.1. The van der Waals surface area contributed by atoms with Gasteiger partial charge in [0.15, 0.2) is 5.11 Å². The molecule has 4 aromatic rings. The van der Waals surface area contributed by atoms with E-state index in [1.807, 2.05) is 29.2 Å². The van der Waals surface area contributed by atoms with Gasteiger partial charge in [-0.3, -0.25) is 15.1 Å². The lowest BCUT2D eigenvalue weighted by molar-refractivity contribution is -0.384. The Bertz CT molecular complexity index is 1450. The number of rotatable bonds is 6. The van der Waals surface area contributed by atoms with Crippen LogP contribution in [0.5, 0.6) is 0 Å². The third-order valence-electron chi connectivity index (χ3n) is 6.89. The topological polar surface area (TPSA) is 96.9 Å². The Hall–Kier alpha value is -4.28. The van der Waals surface area contributed by atoms with Gasteiger partial charge in [-0.05, 0) is 66.8 Å². The maximum Gasteiger partial charge on any atom is 0.280 e. The van der Waals surface area contributed by atoms with Crippen LogP contribution in [-0.4, -0.2) is 41.3 Å². The fourth-order valence-electron chi connectivity index (χ4n) is 5.07. The van der Waals surface area contributed by atoms with Gasteiger partial charge in [-0.25, -0.2) is 0 Å². The zero-order valence-electron chi connectivity index (χ0n) is 20.4. The van der Waals surface area contributed by atoms with Crippen molar-refractivity contribution in [3.8, 4) is 11.3 Å². The summed E-state index contributed by atoms with van der Waals surface area (Å²) in [6, 6.07) is 23.6. The Morgan fingerprint density at radius 1 is 0.947 bits per heavy atom. The molecule has 2 fully saturated rings. The van der Waals surface area contributed by atoms with Gasteiger partial charge in [0.1, 0.15) is 17.6 Å². The number of thiocarbonyl (C=S) groups is 1. The molecule has 4 heterocycles. The molecule has 0 amide bonds. The molecule has 38 heavy (non-hydrogen) atoms. The SMILES string of the molecule is O=[N+]([O-])c1ccccc1-c1ccc([C@H]2[C@H](c3ccccn3)NC(=S)N2c2ccc(N3CCOCC3)cc2)o1. The first-order valence-corrected chi connectivity index (χ1v) is 12.8. The first kappa shape index (κ1) is 24.1. The fraction of sp³-hybridized carbons (Fsp3) is 0.214. The zero-order chi connectivity index (χ0) is 26.1. The van der Waals surface area contributed by atoms with Crippen molar-refractivity contribution < 1.29 is 14.1 Å². The van der Waals surface area contributed by atoms with Crippen molar-refractivity contribution in [3.63, 3.8) is 0 Å². The summed E-state index contributed by atoms with van der Waals surface area (Å²) in [6.45, 7) is 3.15. The van der Waals surface area contributed by atoms with Gasteiger partial charge in [0.25, 0.3) is 5.69 Å². The van der Waals surface area contributed by atoms with Crippen LogP contribution >= 0.6 is 12.2 Å². The van der Waals surface area contributed by atoms with Gasteiger partial charge in [-0.2, -0.15) is 0 Å². The average molecular weight is 528 g/mol. The average Bonchev–Trinajstić information content (AvgIpc) is 3.59. The molecular weight excluding hydrogens is 502 g/mol. The summed E-state index contributed by atoms with van der Waals surface area (Å²) in [5, 5.41) is 15.6. The molecule has 0 aliphatic carbocycles. The normalized spacial score (nSPS) is 19.4. The molecule has 2 atom stereocenters. The van der Waals surface area contributed by atoms with Crippen LogP contribution in [0, 0.1) is 10.1 Å². The molecule has 9 nitrogen and oxygen atoms in total. The van der Waals surface area contributed by atoms with Crippen LogP contribution in [-0.2, 0) is 4.74 Å². The number of para-hydroxylation sites is 1. The number of nitro groups is 1. The molecule has 2 saturated heterocycles. The number of furan rings is 1. The number of nitrogens with zero attached hydrogens (tertiary/aromatic N) is 4. The summed E-state index contributed by atoms with van der Waals surface area (Å²) in [5.41, 5.74) is 3.27. The molecule has 0 spiro atoms. The van der Waals surface area contributed by atoms with Gasteiger partial charge in [0.2, 0.25) is 0 Å². The monoisotopic (exact) mass is 527 g/mol. The van der Waals surface area contributed by atoms with Gasteiger partial charge < -0.3 is 24.3 Å². The Kier molecular flexibility index (Phi) is 6.48. The fourth-order valence-corrected chi connectivity index (χ4v) is 5.41. The minimum atomic E-state index is -0.400. The van der Waals surface area contributed by atoms with E-state index in [2.05, 4.69) is 39.5 Å². The lowest BCUT2D eigenvalue weighted by atomic mass is 10.0. The molecule has 2 aromatic heterocycles. The van der Waals surface area contributed by atoms with Crippen LogP contribution in [0.1, 0.15) is 23.5 Å². The lowest BCUT2D eigenvalue weighted by Crippen LogP contribution is -2.36. The van der Waals surface area contributed by atoms with Crippen molar-refractivity contribution in [3.05, 3.63) is 107 Å². The molecular formula is C28H25N5O4S. The predicted molar refractivity (Wildman–Crippen MR) is 148 cm³/mol. The Morgan fingerprint density at radius 3 is 2.42 bits per heavy atom. The van der Waals surface area contributed by atoms with Gasteiger partial charge in [-0.1, -0.05) is 18.2 Å². The van der Waals surface area contributed by atoms with E-state index < -0.39 is 4.92 Å². The van der Waals surface area contributed by atoms with E-state index in [9.17, 15) is 10.1 Å². The van der Waals surface area contributed by atoms with E-state index >= 15 is 0 Å². The van der Waals surface area contributed by atoms with Gasteiger partial charge in [0, 0.05) is 36.7 Å². The highest BCUT2D eigenvalue weighted by Gasteiger charge is 2.42. The number of aromatic nitrogens is 1. The molecule has 0 unspecified atom stereocenters. The van der Waals surface area contributed by atoms with E-state index in [0.717, 1.165) is 43.4 Å². The Morgan fingerprint density at radius 2 is 1.68 bits per heavy atom. The Balaban J connectivity index is 1.39. The second kappa shape index (κ2) is 10.2. The van der Waals surface area contributed by atoms with Crippen molar-refractivity contribution in [2.24, 2.45) is 0 Å². The molecule has 0 radical (unpaired) electrons. The highest BCUT2D eigenvalue weighted by atomic mass is 32.1. The third kappa shape index (κ3) is 4.48. The minimum absolute atomic E-state index is 0.00898. The standard InChI is InChI=1S/C28H25N5O4S/c34-33(35)23-7-2-1-5-21(23)24-12-13-25(37-24)27-26(22-6-3-4-14-29-22)30-28(38)32(27)20-10-8-19(9-11-20)31-15-17-36-18-16-31/h1-14,26-27H,15-18H2,(H,30,38)/t26-,27-/m0/s1. The number of ether oxygens (including phenoxy) is 1. The number of hydrogen-bond acceptors (Lipinski definition) is 7. The highest BCUT2D eigenvalue weighted by molar-refractivity contribution is 7.80. The zero-order valence-corrected chi connectivity index (χ0v) is 21.2. The van der Waals surface area contributed by atoms with Gasteiger partial charge in [-0.15, -0.1) is 0 Å². The highest BCUT2D eigenvalue weighted by Crippen LogP contribution is 2.44. The van der Waals surface area contributed by atoms with E-state index in [1.54, 1.807) is 30.5 Å². The number of morpholine rings is 1. The summed E-state index contributed by atoms with van der Waals surface area (Å²) in [5.74, 6) is 1.05. The van der Waals surface area contributed by atoms with Crippen molar-refractivity contribution >= 4 is 34.4 Å². The molecule has 6 rings (SSSR count). The number of benzene rings is 2. The van der Waals surface area contributed by atoms with Crippen LogP contribution in [0.15, 0.2) is 89.5 Å². The van der Waals surface area contributed by atoms with Crippen molar-refractivity contribution in [2.75, 3.05) is 36.1 Å². The van der Waals surface area contributed by atoms with Gasteiger partial charge in [0.05, 0.1) is 35.4 Å². The largest absolute Gasteiger partial charge is 0.459 e. The second-order valence-corrected chi connectivity index (χ2v) is 9.48. The van der Waals surface area contributed by atoms with Crippen molar-refractivity contribution in [1.29, 1.82) is 0 Å². The number of pyridine rings is 1. The smallest absolute Gasteiger partial charge is 0.280 e. The molecule has 192 valence electrons. The number of nitro benzene ring substituents is 1. The molecule has 1 N–H and O–H groups in total. The lowest BCUT2D eigenvalue weighted by Gasteiger charge is -2.30. The first-order chi connectivity index (χ1) is 18.6. The summed E-state index contributed by atoms with van der Waals surface area (Å²) in [7, 11) is 0.